The Morgan fingerprint density at radius 3 is 2.56 bits per heavy atom. The number of likely N-dealkylation sites (tertiary alicyclic amines) is 2. The Hall–Kier alpha value is -1.69. The van der Waals surface area contributed by atoms with Crippen molar-refractivity contribution in [3.63, 3.8) is 0 Å². The molecule has 0 saturated carbocycles. The van der Waals surface area contributed by atoms with E-state index in [2.05, 4.69) is 33.1 Å². The molecule has 2 atom stereocenters. The molecule has 1 aromatic carbocycles. The van der Waals surface area contributed by atoms with Crippen LogP contribution in [0.25, 0.3) is 0 Å². The Morgan fingerprint density at radius 1 is 1.12 bits per heavy atom. The zero-order chi connectivity index (χ0) is 17.3. The topological polar surface area (TPSA) is 44.5 Å². The summed E-state index contributed by atoms with van der Waals surface area (Å²) in [4.78, 5) is 4.94. The Morgan fingerprint density at radius 2 is 1.88 bits per heavy atom. The Kier molecular flexibility index (Phi) is 4.63. The first-order valence-electron chi connectivity index (χ1n) is 9.38. The largest absolute Gasteiger partial charge is 0.383 e. The molecule has 1 aromatic heterocycles. The normalized spacial score (nSPS) is 28.5. The molecule has 134 valence electrons. The molecule has 0 bridgehead atoms. The van der Waals surface area contributed by atoms with E-state index in [0.717, 1.165) is 50.4 Å². The summed E-state index contributed by atoms with van der Waals surface area (Å²) in [5.74, 6) is 0. The van der Waals surface area contributed by atoms with E-state index in [9.17, 15) is 5.11 Å². The SMILES string of the molecule is Cn1ccc(CN2CC[C@](O)(c3ccccc3)[C@H](N3CCCC3)C2)n1. The molecule has 0 spiro atoms. The van der Waals surface area contributed by atoms with Gasteiger partial charge in [-0.05, 0) is 44.0 Å². The summed E-state index contributed by atoms with van der Waals surface area (Å²) < 4.78 is 1.86. The minimum absolute atomic E-state index is 0.148. The van der Waals surface area contributed by atoms with Crippen LogP contribution >= 0.6 is 0 Å². The van der Waals surface area contributed by atoms with Crippen molar-refractivity contribution in [3.8, 4) is 0 Å². The second-order valence-electron chi connectivity index (χ2n) is 7.52. The van der Waals surface area contributed by atoms with Gasteiger partial charge in [-0.25, -0.2) is 0 Å². The summed E-state index contributed by atoms with van der Waals surface area (Å²) in [6, 6.07) is 12.5. The van der Waals surface area contributed by atoms with Crippen molar-refractivity contribution >= 4 is 0 Å². The van der Waals surface area contributed by atoms with Gasteiger partial charge in [-0.3, -0.25) is 14.5 Å². The molecule has 2 aliphatic rings. The van der Waals surface area contributed by atoms with Crippen molar-refractivity contribution in [2.24, 2.45) is 7.05 Å². The van der Waals surface area contributed by atoms with Crippen molar-refractivity contribution in [2.75, 3.05) is 26.2 Å². The Labute approximate surface area is 149 Å². The molecule has 5 heteroatoms. The molecule has 4 rings (SSSR count). The standard InChI is InChI=1S/C20H28N4O/c1-22-13-9-18(21-22)15-23-14-10-20(25,17-7-3-2-4-8-17)19(16-23)24-11-5-6-12-24/h2-4,7-9,13,19,25H,5-6,10-12,14-16H2,1H3/t19-,20+/m1/s1. The number of aromatic nitrogens is 2. The highest BCUT2D eigenvalue weighted by Crippen LogP contribution is 2.37. The van der Waals surface area contributed by atoms with Crippen molar-refractivity contribution < 1.29 is 5.11 Å². The van der Waals surface area contributed by atoms with Crippen molar-refractivity contribution in [2.45, 2.75) is 37.5 Å². The number of nitrogens with zero attached hydrogens (tertiary/aromatic N) is 4. The van der Waals surface area contributed by atoms with Gasteiger partial charge >= 0.3 is 0 Å². The maximum Gasteiger partial charge on any atom is 0.108 e. The summed E-state index contributed by atoms with van der Waals surface area (Å²) in [7, 11) is 1.96. The van der Waals surface area contributed by atoms with Crippen LogP contribution in [0, 0.1) is 0 Å². The zero-order valence-corrected chi connectivity index (χ0v) is 15.0. The van der Waals surface area contributed by atoms with Gasteiger partial charge in [0, 0.05) is 32.9 Å². The molecule has 2 aliphatic heterocycles. The molecule has 0 unspecified atom stereocenters. The molecule has 0 amide bonds. The van der Waals surface area contributed by atoms with Crippen LogP contribution in [0.2, 0.25) is 0 Å². The molecule has 0 radical (unpaired) electrons. The van der Waals surface area contributed by atoms with Crippen LogP contribution in [0.1, 0.15) is 30.5 Å². The minimum atomic E-state index is -0.758. The van der Waals surface area contributed by atoms with Crippen molar-refractivity contribution in [3.05, 3.63) is 53.9 Å². The monoisotopic (exact) mass is 340 g/mol. The number of piperidine rings is 1. The number of hydrogen-bond acceptors (Lipinski definition) is 4. The average Bonchev–Trinajstić information content (AvgIpc) is 3.29. The van der Waals surface area contributed by atoms with Crippen molar-refractivity contribution in [1.29, 1.82) is 0 Å². The maximum atomic E-state index is 11.7. The van der Waals surface area contributed by atoms with Crippen LogP contribution in [0.15, 0.2) is 42.6 Å². The van der Waals surface area contributed by atoms with E-state index >= 15 is 0 Å². The Balaban J connectivity index is 1.57. The minimum Gasteiger partial charge on any atom is -0.383 e. The first-order valence-corrected chi connectivity index (χ1v) is 9.38. The van der Waals surface area contributed by atoms with E-state index in [1.807, 2.05) is 36.1 Å². The van der Waals surface area contributed by atoms with Gasteiger partial charge in [0.25, 0.3) is 0 Å². The fraction of sp³-hybridized carbons (Fsp3) is 0.550. The smallest absolute Gasteiger partial charge is 0.108 e. The summed E-state index contributed by atoms with van der Waals surface area (Å²) in [5, 5.41) is 16.2. The molecular formula is C20H28N4O. The van der Waals surface area contributed by atoms with Crippen LogP contribution in [-0.2, 0) is 19.2 Å². The van der Waals surface area contributed by atoms with Gasteiger partial charge in [0.15, 0.2) is 0 Å². The van der Waals surface area contributed by atoms with Gasteiger partial charge < -0.3 is 5.11 Å². The van der Waals surface area contributed by atoms with Gasteiger partial charge in [-0.15, -0.1) is 0 Å². The van der Waals surface area contributed by atoms with E-state index in [-0.39, 0.29) is 6.04 Å². The predicted octanol–water partition coefficient (Wildman–Crippen LogP) is 1.98. The van der Waals surface area contributed by atoms with Gasteiger partial charge in [0.1, 0.15) is 5.60 Å². The third-order valence-electron chi connectivity index (χ3n) is 5.80. The van der Waals surface area contributed by atoms with Gasteiger partial charge in [-0.2, -0.15) is 5.10 Å². The number of aliphatic hydroxyl groups is 1. The zero-order valence-electron chi connectivity index (χ0n) is 15.0. The molecular weight excluding hydrogens is 312 g/mol. The van der Waals surface area contributed by atoms with E-state index in [1.54, 1.807) is 0 Å². The first-order chi connectivity index (χ1) is 12.1. The lowest BCUT2D eigenvalue weighted by molar-refractivity contribution is -0.0961. The molecule has 1 N–H and O–H groups in total. The van der Waals surface area contributed by atoms with E-state index in [4.69, 9.17) is 0 Å². The molecule has 2 aromatic rings. The lowest BCUT2D eigenvalue weighted by atomic mass is 9.79. The lowest BCUT2D eigenvalue weighted by Crippen LogP contribution is -2.60. The molecule has 25 heavy (non-hydrogen) atoms. The molecule has 2 fully saturated rings. The van der Waals surface area contributed by atoms with Crippen LogP contribution in [0.3, 0.4) is 0 Å². The average molecular weight is 340 g/mol. The van der Waals surface area contributed by atoms with Crippen LogP contribution in [-0.4, -0.2) is 56.9 Å². The maximum absolute atomic E-state index is 11.7. The Bertz CT molecular complexity index is 695. The number of aryl methyl sites for hydroxylation is 1. The first kappa shape index (κ1) is 16.8. The quantitative estimate of drug-likeness (QED) is 0.924. The lowest BCUT2D eigenvalue weighted by Gasteiger charge is -2.48. The summed E-state index contributed by atoms with van der Waals surface area (Å²) in [5.41, 5.74) is 1.41. The third kappa shape index (κ3) is 3.36. The fourth-order valence-electron chi connectivity index (χ4n) is 4.44. The van der Waals surface area contributed by atoms with E-state index < -0.39 is 5.60 Å². The van der Waals surface area contributed by atoms with Crippen LogP contribution < -0.4 is 0 Å². The number of hydrogen-bond donors (Lipinski definition) is 1. The van der Waals surface area contributed by atoms with Crippen molar-refractivity contribution in [1.82, 2.24) is 19.6 Å². The highest BCUT2D eigenvalue weighted by atomic mass is 16.3. The van der Waals surface area contributed by atoms with E-state index in [0.29, 0.717) is 0 Å². The van der Waals surface area contributed by atoms with E-state index in [1.165, 1.54) is 12.8 Å². The van der Waals surface area contributed by atoms with Gasteiger partial charge in [-0.1, -0.05) is 30.3 Å². The number of rotatable bonds is 4. The van der Waals surface area contributed by atoms with Crippen LogP contribution in [0.4, 0.5) is 0 Å². The second kappa shape index (κ2) is 6.90. The van der Waals surface area contributed by atoms with Crippen LogP contribution in [0.5, 0.6) is 0 Å². The second-order valence-corrected chi connectivity index (χ2v) is 7.52. The molecule has 0 aliphatic carbocycles. The highest BCUT2D eigenvalue weighted by molar-refractivity contribution is 5.26. The fourth-order valence-corrected chi connectivity index (χ4v) is 4.44. The highest BCUT2D eigenvalue weighted by Gasteiger charge is 2.46. The third-order valence-corrected chi connectivity index (χ3v) is 5.80. The number of benzene rings is 1. The summed E-state index contributed by atoms with van der Waals surface area (Å²) in [6.07, 6.45) is 5.24. The van der Waals surface area contributed by atoms with Gasteiger partial charge in [0.05, 0.1) is 11.7 Å². The molecule has 5 nitrogen and oxygen atoms in total. The summed E-state index contributed by atoms with van der Waals surface area (Å²) >= 11 is 0. The molecule has 3 heterocycles. The summed E-state index contributed by atoms with van der Waals surface area (Å²) in [6.45, 7) is 4.83. The predicted molar refractivity (Wildman–Crippen MR) is 98.0 cm³/mol. The molecule has 2 saturated heterocycles. The van der Waals surface area contributed by atoms with Gasteiger partial charge in [0.2, 0.25) is 0 Å².